The van der Waals surface area contributed by atoms with E-state index in [0.29, 0.717) is 12.2 Å². The molecule has 0 unspecified atom stereocenters. The third kappa shape index (κ3) is 3.16. The first kappa shape index (κ1) is 16.1. The van der Waals surface area contributed by atoms with E-state index in [1.807, 2.05) is 25.1 Å². The van der Waals surface area contributed by atoms with Crippen molar-refractivity contribution in [1.29, 1.82) is 0 Å². The number of aromatic amines is 1. The predicted molar refractivity (Wildman–Crippen MR) is 91.0 cm³/mol. The fraction of sp³-hybridized carbons (Fsp3) is 0.389. The van der Waals surface area contributed by atoms with Crippen LogP contribution in [-0.2, 0) is 13.0 Å². The molecule has 0 bridgehead atoms. The topological polar surface area (TPSA) is 54.1 Å². The van der Waals surface area contributed by atoms with Crippen LogP contribution in [0.3, 0.4) is 0 Å². The number of aromatic nitrogens is 1. The Hall–Kier alpha value is -2.23. The first-order valence-corrected chi connectivity index (χ1v) is 7.57. The molecular formula is C18H24N2O2. The molecule has 4 heteroatoms. The molecule has 4 nitrogen and oxygen atoms in total. The maximum Gasteiger partial charge on any atom is 0.271 e. The van der Waals surface area contributed by atoms with Gasteiger partial charge in [-0.15, -0.1) is 0 Å². The summed E-state index contributed by atoms with van der Waals surface area (Å²) in [5.41, 5.74) is 6.08. The van der Waals surface area contributed by atoms with Gasteiger partial charge < -0.3 is 15.0 Å². The number of nitrogens with one attached hydrogen (secondary N) is 2. The monoisotopic (exact) mass is 300 g/mol. The lowest BCUT2D eigenvalue weighted by Gasteiger charge is -2.15. The molecule has 0 amide bonds. The number of benzene rings is 1. The molecule has 2 rings (SSSR count). The maximum atomic E-state index is 12.1. The third-order valence-corrected chi connectivity index (χ3v) is 4.23. The molecule has 0 fully saturated rings. The van der Waals surface area contributed by atoms with Crippen molar-refractivity contribution in [3.8, 4) is 5.75 Å². The van der Waals surface area contributed by atoms with Crippen LogP contribution in [0.4, 0.5) is 5.69 Å². The molecule has 118 valence electrons. The van der Waals surface area contributed by atoms with Gasteiger partial charge in [0.05, 0.1) is 7.11 Å². The van der Waals surface area contributed by atoms with Crippen LogP contribution in [0.25, 0.3) is 0 Å². The zero-order chi connectivity index (χ0) is 16.3. The van der Waals surface area contributed by atoms with Gasteiger partial charge in [-0.05, 0) is 56.0 Å². The number of anilines is 1. The smallest absolute Gasteiger partial charge is 0.271 e. The van der Waals surface area contributed by atoms with Crippen molar-refractivity contribution in [3.63, 3.8) is 0 Å². The average molecular weight is 300 g/mol. The Labute approximate surface area is 131 Å². The highest BCUT2D eigenvalue weighted by Gasteiger charge is 2.10. The molecule has 0 atom stereocenters. The fourth-order valence-corrected chi connectivity index (χ4v) is 2.61. The van der Waals surface area contributed by atoms with Gasteiger partial charge in [-0.2, -0.15) is 0 Å². The van der Waals surface area contributed by atoms with Crippen molar-refractivity contribution in [2.75, 3.05) is 12.4 Å². The van der Waals surface area contributed by atoms with E-state index in [-0.39, 0.29) is 5.56 Å². The molecule has 22 heavy (non-hydrogen) atoms. The van der Waals surface area contributed by atoms with Crippen molar-refractivity contribution < 1.29 is 4.74 Å². The van der Waals surface area contributed by atoms with Crippen molar-refractivity contribution in [3.05, 3.63) is 56.5 Å². The van der Waals surface area contributed by atoms with Gasteiger partial charge in [0.1, 0.15) is 11.4 Å². The lowest BCUT2D eigenvalue weighted by Crippen LogP contribution is -2.17. The molecule has 0 spiro atoms. The predicted octanol–water partition coefficient (Wildman–Crippen LogP) is 3.48. The summed E-state index contributed by atoms with van der Waals surface area (Å²) in [6, 6.07) is 5.95. The molecule has 2 aromatic rings. The Morgan fingerprint density at radius 1 is 1.23 bits per heavy atom. The van der Waals surface area contributed by atoms with Gasteiger partial charge >= 0.3 is 0 Å². The van der Waals surface area contributed by atoms with Gasteiger partial charge in [0.25, 0.3) is 5.56 Å². The Bertz CT molecular complexity index is 733. The minimum Gasteiger partial charge on any atom is -0.496 e. The van der Waals surface area contributed by atoms with E-state index < -0.39 is 0 Å². The second-order valence-electron chi connectivity index (χ2n) is 5.56. The highest BCUT2D eigenvalue weighted by molar-refractivity contribution is 5.49. The van der Waals surface area contributed by atoms with E-state index >= 15 is 0 Å². The van der Waals surface area contributed by atoms with E-state index in [1.165, 1.54) is 11.1 Å². The number of H-pyrrole nitrogens is 1. The number of hydrogen-bond acceptors (Lipinski definition) is 3. The highest BCUT2D eigenvalue weighted by Crippen LogP contribution is 2.25. The minimum absolute atomic E-state index is 0.0843. The lowest BCUT2D eigenvalue weighted by molar-refractivity contribution is 0.409. The number of pyridine rings is 1. The number of ether oxygens (including phenoxy) is 1. The van der Waals surface area contributed by atoms with Crippen molar-refractivity contribution in [2.45, 2.75) is 40.7 Å². The summed E-state index contributed by atoms with van der Waals surface area (Å²) < 4.78 is 5.44. The van der Waals surface area contributed by atoms with E-state index in [1.54, 1.807) is 7.11 Å². The van der Waals surface area contributed by atoms with Crippen LogP contribution in [0.2, 0.25) is 0 Å². The maximum absolute atomic E-state index is 12.1. The van der Waals surface area contributed by atoms with Crippen molar-refractivity contribution in [1.82, 2.24) is 4.98 Å². The molecule has 2 N–H and O–H groups in total. The SMILES string of the molecule is CCc1cc(NCc2c(OC)ccc(C)c2C)c(=O)[nH]c1C. The van der Waals surface area contributed by atoms with E-state index in [4.69, 9.17) is 4.74 Å². The van der Waals surface area contributed by atoms with E-state index in [9.17, 15) is 4.79 Å². The highest BCUT2D eigenvalue weighted by atomic mass is 16.5. The van der Waals surface area contributed by atoms with Gasteiger partial charge in [-0.1, -0.05) is 13.0 Å². The summed E-state index contributed by atoms with van der Waals surface area (Å²) in [5, 5.41) is 3.25. The molecule has 0 saturated carbocycles. The summed E-state index contributed by atoms with van der Waals surface area (Å²) >= 11 is 0. The van der Waals surface area contributed by atoms with E-state index in [2.05, 4.69) is 31.1 Å². The largest absolute Gasteiger partial charge is 0.496 e. The normalized spacial score (nSPS) is 10.6. The van der Waals surface area contributed by atoms with Crippen LogP contribution in [0.15, 0.2) is 23.0 Å². The molecule has 1 aromatic carbocycles. The van der Waals surface area contributed by atoms with Gasteiger partial charge in [-0.3, -0.25) is 4.79 Å². The molecule has 0 aliphatic rings. The number of aryl methyl sites for hydroxylation is 3. The average Bonchev–Trinajstić information content (AvgIpc) is 2.50. The van der Waals surface area contributed by atoms with Crippen molar-refractivity contribution in [2.24, 2.45) is 0 Å². The second-order valence-corrected chi connectivity index (χ2v) is 5.56. The fourth-order valence-electron chi connectivity index (χ4n) is 2.61. The Morgan fingerprint density at radius 3 is 2.59 bits per heavy atom. The van der Waals surface area contributed by atoms with Gasteiger partial charge in [0.15, 0.2) is 0 Å². The first-order chi connectivity index (χ1) is 10.5. The summed E-state index contributed by atoms with van der Waals surface area (Å²) in [4.78, 5) is 15.0. The third-order valence-electron chi connectivity index (χ3n) is 4.23. The Kier molecular flexibility index (Phi) is 4.91. The molecular weight excluding hydrogens is 276 g/mol. The van der Waals surface area contributed by atoms with Crippen LogP contribution in [-0.4, -0.2) is 12.1 Å². The zero-order valence-corrected chi connectivity index (χ0v) is 14.0. The standard InChI is InChI=1S/C18H24N2O2/c1-6-14-9-16(18(21)20-13(14)4)19-10-15-12(3)11(2)7-8-17(15)22-5/h7-9,19H,6,10H2,1-5H3,(H,20,21). The van der Waals surface area contributed by atoms with Crippen LogP contribution in [0.1, 0.15) is 34.9 Å². The molecule has 0 aliphatic carbocycles. The van der Waals surface area contributed by atoms with Gasteiger partial charge in [0, 0.05) is 17.8 Å². The molecule has 0 saturated heterocycles. The Morgan fingerprint density at radius 2 is 1.95 bits per heavy atom. The van der Waals surface area contributed by atoms with Crippen LogP contribution in [0.5, 0.6) is 5.75 Å². The molecule has 0 aliphatic heterocycles. The number of rotatable bonds is 5. The quantitative estimate of drug-likeness (QED) is 0.889. The summed E-state index contributed by atoms with van der Waals surface area (Å²) in [7, 11) is 1.67. The number of methoxy groups -OCH3 is 1. The van der Waals surface area contributed by atoms with Gasteiger partial charge in [0.2, 0.25) is 0 Å². The minimum atomic E-state index is -0.0843. The van der Waals surface area contributed by atoms with Crippen LogP contribution < -0.4 is 15.6 Å². The molecule has 0 radical (unpaired) electrons. The molecule has 1 heterocycles. The Balaban J connectivity index is 2.31. The summed E-state index contributed by atoms with van der Waals surface area (Å²) in [5.74, 6) is 0.842. The lowest BCUT2D eigenvalue weighted by atomic mass is 10.0. The number of hydrogen-bond donors (Lipinski definition) is 2. The summed E-state index contributed by atoms with van der Waals surface area (Å²) in [6.07, 6.45) is 0.893. The van der Waals surface area contributed by atoms with Crippen LogP contribution in [0, 0.1) is 20.8 Å². The van der Waals surface area contributed by atoms with Gasteiger partial charge in [-0.25, -0.2) is 0 Å². The van der Waals surface area contributed by atoms with Crippen LogP contribution >= 0.6 is 0 Å². The molecule has 1 aromatic heterocycles. The zero-order valence-electron chi connectivity index (χ0n) is 14.0. The summed E-state index contributed by atoms with van der Waals surface area (Å²) in [6.45, 7) is 8.72. The second kappa shape index (κ2) is 6.69. The van der Waals surface area contributed by atoms with Crippen molar-refractivity contribution >= 4 is 5.69 Å². The van der Waals surface area contributed by atoms with E-state index in [0.717, 1.165) is 29.0 Å². The first-order valence-electron chi connectivity index (χ1n) is 7.57.